The van der Waals surface area contributed by atoms with Crippen molar-refractivity contribution < 1.29 is 38.4 Å². The highest BCUT2D eigenvalue weighted by atomic mass is 16.2. The van der Waals surface area contributed by atoms with Crippen LogP contribution in [0.15, 0.2) is 121 Å². The summed E-state index contributed by atoms with van der Waals surface area (Å²) >= 11 is 0. The second-order valence-corrected chi connectivity index (χ2v) is 26.4. The van der Waals surface area contributed by atoms with Crippen LogP contribution < -0.4 is 9.80 Å². The van der Waals surface area contributed by atoms with Crippen LogP contribution in [0.1, 0.15) is 239 Å². The molecule has 0 bridgehead atoms. The van der Waals surface area contributed by atoms with Crippen molar-refractivity contribution in [1.82, 2.24) is 9.80 Å². The van der Waals surface area contributed by atoms with E-state index in [-0.39, 0.29) is 47.1 Å². The monoisotopic (exact) mass is 1220 g/mol. The second kappa shape index (κ2) is 23.4. The number of fused-ring (bicyclic) bond motifs is 4. The number of nitrogens with zero attached hydrogens (tertiary/aromatic N) is 4. The van der Waals surface area contributed by atoms with Crippen molar-refractivity contribution in [2.24, 2.45) is 0 Å². The largest absolute Gasteiger partial charge is 0.271 e. The van der Waals surface area contributed by atoms with Crippen LogP contribution in [0.2, 0.25) is 0 Å². The Bertz CT molecular complexity index is 4410. The van der Waals surface area contributed by atoms with E-state index in [0.717, 1.165) is 203 Å². The average molecular weight is 1220 g/mol. The van der Waals surface area contributed by atoms with E-state index in [2.05, 4.69) is 27.7 Å². The maximum absolute atomic E-state index is 14.9. The van der Waals surface area contributed by atoms with Crippen LogP contribution in [0.4, 0.5) is 11.4 Å². The Balaban J connectivity index is 0.728. The zero-order valence-electron chi connectivity index (χ0n) is 52.9. The smallest absolute Gasteiger partial charge is 0.265 e. The maximum atomic E-state index is 14.9. The van der Waals surface area contributed by atoms with Gasteiger partial charge in [0, 0.05) is 78.1 Å². The first-order valence-corrected chi connectivity index (χ1v) is 34.0. The molecule has 11 aromatic rings. The van der Waals surface area contributed by atoms with Crippen LogP contribution >= 0.6 is 0 Å². The van der Waals surface area contributed by atoms with Crippen molar-refractivity contribution in [1.29, 1.82) is 0 Å². The molecule has 11 aromatic carbocycles. The van der Waals surface area contributed by atoms with Gasteiger partial charge in [0.2, 0.25) is 0 Å². The standard InChI is InChI=1S/C80H74N4O8/c1-5-9-13-17-21-45(22-18-14-10-6-2)81-73(85)57-37-29-49-53-33-41-61-71-62(42-34-54(67(53)71)50-30-38-58(74(81)86)69(57)65(49)50)78(90)83(77(61)89)47-25-27-48(28-26-47)84-79(91)63-43-35-55-51-31-39-59-70-60(40-32-52(66(51)70)56-36-44-64(80(84)92)72(63)68(55)56)76(88)82(75(59)87)46(23-19-15-11-7-3)24-20-16-12-8-4/h25-46H,5-24H2,1-4H3. The van der Waals surface area contributed by atoms with Crippen molar-refractivity contribution in [3.05, 3.63) is 166 Å². The van der Waals surface area contributed by atoms with Crippen molar-refractivity contribution in [3.63, 3.8) is 0 Å². The minimum Gasteiger partial charge on any atom is -0.271 e. The lowest BCUT2D eigenvalue weighted by atomic mass is 9.82. The van der Waals surface area contributed by atoms with Crippen molar-refractivity contribution in [2.75, 3.05) is 9.80 Å². The summed E-state index contributed by atoms with van der Waals surface area (Å²) in [4.78, 5) is 124. The van der Waals surface area contributed by atoms with E-state index in [1.807, 2.05) is 72.8 Å². The molecule has 4 aliphatic heterocycles. The maximum Gasteiger partial charge on any atom is 0.265 e. The van der Waals surface area contributed by atoms with Crippen molar-refractivity contribution >= 4 is 145 Å². The number of rotatable bonds is 24. The van der Waals surface area contributed by atoms with Crippen LogP contribution in [0.5, 0.6) is 0 Å². The molecule has 0 aromatic heterocycles. The van der Waals surface area contributed by atoms with Gasteiger partial charge in [-0.2, -0.15) is 0 Å². The van der Waals surface area contributed by atoms with E-state index in [1.54, 1.807) is 58.3 Å². The van der Waals surface area contributed by atoms with Gasteiger partial charge in [0.1, 0.15) is 0 Å². The van der Waals surface area contributed by atoms with Gasteiger partial charge in [-0.05, 0) is 163 Å². The fraction of sp³-hybridized carbons (Fsp3) is 0.325. The van der Waals surface area contributed by atoms with Gasteiger partial charge in [-0.1, -0.05) is 179 Å². The second-order valence-electron chi connectivity index (χ2n) is 26.4. The first-order chi connectivity index (χ1) is 44.9. The molecule has 0 radical (unpaired) electrons. The molecule has 8 amide bonds. The van der Waals surface area contributed by atoms with Crippen molar-refractivity contribution in [3.8, 4) is 0 Å². The molecular formula is C80H74N4O8. The minimum atomic E-state index is -0.527. The molecule has 15 rings (SSSR count). The number of hydrogen-bond donors (Lipinski definition) is 0. The normalized spacial score (nSPS) is 15.0. The molecule has 0 aliphatic carbocycles. The summed E-state index contributed by atoms with van der Waals surface area (Å²) in [5.41, 5.74) is 3.91. The summed E-state index contributed by atoms with van der Waals surface area (Å²) in [7, 11) is 0. The predicted octanol–water partition coefficient (Wildman–Crippen LogP) is 19.2. The number of unbranched alkanes of at least 4 members (excludes halogenated alkanes) is 12. The fourth-order valence-corrected chi connectivity index (χ4v) is 16.5. The summed E-state index contributed by atoms with van der Waals surface area (Å²) < 4.78 is 0. The summed E-state index contributed by atoms with van der Waals surface area (Å²) in [5, 5.41) is 12.0. The molecule has 0 saturated carbocycles. The van der Waals surface area contributed by atoms with Crippen molar-refractivity contribution in [2.45, 2.75) is 168 Å². The van der Waals surface area contributed by atoms with Gasteiger partial charge >= 0.3 is 0 Å². The third kappa shape index (κ3) is 8.82. The van der Waals surface area contributed by atoms with Crippen LogP contribution in [-0.2, 0) is 0 Å². The van der Waals surface area contributed by atoms with E-state index in [9.17, 15) is 38.4 Å². The van der Waals surface area contributed by atoms with E-state index in [0.29, 0.717) is 66.1 Å². The lowest BCUT2D eigenvalue weighted by Gasteiger charge is -2.35. The third-order valence-corrected chi connectivity index (χ3v) is 21.0. The molecule has 12 heteroatoms. The molecule has 12 nitrogen and oxygen atoms in total. The molecule has 0 fully saturated rings. The molecule has 4 aliphatic rings. The highest BCUT2D eigenvalue weighted by Crippen LogP contribution is 2.50. The van der Waals surface area contributed by atoms with Gasteiger partial charge in [-0.15, -0.1) is 0 Å². The molecule has 0 unspecified atom stereocenters. The highest BCUT2D eigenvalue weighted by Gasteiger charge is 2.43. The van der Waals surface area contributed by atoms with Crippen LogP contribution in [0.25, 0.3) is 86.2 Å². The topological polar surface area (TPSA) is 150 Å². The Morgan fingerprint density at radius 1 is 0.228 bits per heavy atom. The van der Waals surface area contributed by atoms with Gasteiger partial charge in [0.15, 0.2) is 0 Å². The Labute approximate surface area is 534 Å². The molecule has 92 heavy (non-hydrogen) atoms. The summed E-state index contributed by atoms with van der Waals surface area (Å²) in [6.07, 6.45) is 20.1. The van der Waals surface area contributed by atoms with Gasteiger partial charge in [0.05, 0.1) is 11.4 Å². The Morgan fingerprint density at radius 3 is 0.620 bits per heavy atom. The lowest BCUT2D eigenvalue weighted by Crippen LogP contribution is -2.47. The first-order valence-electron chi connectivity index (χ1n) is 34.0. The SMILES string of the molecule is CCCCCCC(CCCCCC)N1C(=O)c2ccc3c4ccc5c6c(ccc(c7ccc(c2c37)C1=O)c64)C(=O)N(c1ccc(N2C(=O)c3ccc4c6ccc7c8c(ccc(c9ccc(c3c49)C2=O)c86)C(=O)N(C(CCCCCC)CCCCCC)C7=O)cc1)C5=O. The number of amides is 8. The van der Waals surface area contributed by atoms with E-state index in [4.69, 9.17) is 0 Å². The lowest BCUT2D eigenvalue weighted by molar-refractivity contribution is 0.0501. The molecule has 0 N–H and O–H groups in total. The quantitative estimate of drug-likeness (QED) is 0.0251. The molecule has 462 valence electrons. The first kappa shape index (κ1) is 58.9. The number of benzene rings is 11. The summed E-state index contributed by atoms with van der Waals surface area (Å²) in [6.45, 7) is 8.73. The molecular weight excluding hydrogens is 1140 g/mol. The summed E-state index contributed by atoms with van der Waals surface area (Å²) in [6, 6.07) is 35.8. The van der Waals surface area contributed by atoms with Gasteiger partial charge in [0.25, 0.3) is 47.3 Å². The molecule has 4 heterocycles. The molecule has 0 spiro atoms. The number of carbonyl (C=O) groups excluding carboxylic acids is 8. The van der Waals surface area contributed by atoms with Crippen LogP contribution in [-0.4, -0.2) is 69.1 Å². The number of hydrogen-bond acceptors (Lipinski definition) is 8. The van der Waals surface area contributed by atoms with Crippen LogP contribution in [0.3, 0.4) is 0 Å². The number of carbonyl (C=O) groups is 8. The number of anilines is 2. The predicted molar refractivity (Wildman–Crippen MR) is 368 cm³/mol. The highest BCUT2D eigenvalue weighted by molar-refractivity contribution is 6.46. The zero-order valence-corrected chi connectivity index (χ0v) is 52.9. The van der Waals surface area contributed by atoms with E-state index < -0.39 is 23.6 Å². The Morgan fingerprint density at radius 2 is 0.424 bits per heavy atom. The average Bonchev–Trinajstić information content (AvgIpc) is 0.699. The van der Waals surface area contributed by atoms with Gasteiger partial charge in [-0.3, -0.25) is 48.2 Å². The molecule has 0 atom stereocenters. The van der Waals surface area contributed by atoms with Gasteiger partial charge in [-0.25, -0.2) is 9.80 Å². The number of imide groups is 4. The van der Waals surface area contributed by atoms with E-state index >= 15 is 0 Å². The van der Waals surface area contributed by atoms with E-state index in [1.165, 1.54) is 0 Å². The van der Waals surface area contributed by atoms with Crippen LogP contribution in [0, 0.1) is 0 Å². The molecule has 0 saturated heterocycles. The summed E-state index contributed by atoms with van der Waals surface area (Å²) in [5.74, 6) is -3.13. The zero-order chi connectivity index (χ0) is 63.4. The third-order valence-electron chi connectivity index (χ3n) is 21.0. The Kier molecular flexibility index (Phi) is 15.0. The minimum absolute atomic E-state index is 0.185. The Hall–Kier alpha value is -9.42. The van der Waals surface area contributed by atoms with Gasteiger partial charge < -0.3 is 0 Å². The fourth-order valence-electron chi connectivity index (χ4n) is 16.5.